The molecule has 4 rings (SSSR count). The van der Waals surface area contributed by atoms with Crippen LogP contribution in [0.5, 0.6) is 0 Å². The second-order valence-electron chi connectivity index (χ2n) is 7.87. The van der Waals surface area contributed by atoms with Gasteiger partial charge in [-0.1, -0.05) is 23.7 Å². The van der Waals surface area contributed by atoms with Crippen LogP contribution in [0.15, 0.2) is 48.6 Å². The Bertz CT molecular complexity index is 1200. The monoisotopic (exact) mass is 453 g/mol. The number of aliphatic hydroxyl groups is 1. The lowest BCUT2D eigenvalue weighted by Crippen LogP contribution is -2.31. The molecule has 8 nitrogen and oxygen atoms in total. The number of rotatable bonds is 6. The van der Waals surface area contributed by atoms with Gasteiger partial charge in [0.25, 0.3) is 11.7 Å². The first-order valence-electron chi connectivity index (χ1n) is 10.3. The van der Waals surface area contributed by atoms with Gasteiger partial charge in [0.05, 0.1) is 29.2 Å². The van der Waals surface area contributed by atoms with E-state index in [-0.39, 0.29) is 11.3 Å². The Kier molecular flexibility index (Phi) is 5.88. The van der Waals surface area contributed by atoms with E-state index in [0.29, 0.717) is 47.0 Å². The number of Topliss-reactive ketones (excluding diaryl/α,β-unsaturated/α-hetero) is 1. The molecule has 166 valence electrons. The SMILES string of the molecule is Cc1nn(C)c(C)c1C(O)=C1C(=O)C(=O)N(CCCn2ccnc2)[C@@H]1c1ccc(Cl)cc1. The van der Waals surface area contributed by atoms with Gasteiger partial charge in [-0.2, -0.15) is 5.10 Å². The molecule has 0 radical (unpaired) electrons. The molecule has 3 aromatic rings. The summed E-state index contributed by atoms with van der Waals surface area (Å²) in [5.74, 6) is -1.53. The Labute approximate surface area is 190 Å². The van der Waals surface area contributed by atoms with E-state index in [1.165, 1.54) is 4.90 Å². The zero-order chi connectivity index (χ0) is 23.0. The molecule has 0 unspecified atom stereocenters. The first kappa shape index (κ1) is 21.8. The third-order valence-corrected chi connectivity index (χ3v) is 6.10. The normalized spacial score (nSPS) is 18.0. The van der Waals surface area contributed by atoms with Crippen molar-refractivity contribution in [3.63, 3.8) is 0 Å². The Morgan fingerprint density at radius 1 is 1.16 bits per heavy atom. The number of aromatic nitrogens is 4. The van der Waals surface area contributed by atoms with Crippen molar-refractivity contribution in [2.75, 3.05) is 6.54 Å². The van der Waals surface area contributed by atoms with Crippen molar-refractivity contribution in [1.29, 1.82) is 0 Å². The maximum Gasteiger partial charge on any atom is 0.295 e. The Balaban J connectivity index is 1.77. The fourth-order valence-corrected chi connectivity index (χ4v) is 4.32. The van der Waals surface area contributed by atoms with Crippen LogP contribution in [-0.2, 0) is 23.2 Å². The highest BCUT2D eigenvalue weighted by molar-refractivity contribution is 6.46. The number of nitrogens with zero attached hydrogens (tertiary/aromatic N) is 5. The Morgan fingerprint density at radius 3 is 2.47 bits per heavy atom. The molecule has 0 aliphatic carbocycles. The van der Waals surface area contributed by atoms with Crippen molar-refractivity contribution in [2.45, 2.75) is 32.9 Å². The topological polar surface area (TPSA) is 93.2 Å². The molecular weight excluding hydrogens is 430 g/mol. The second-order valence-corrected chi connectivity index (χ2v) is 8.30. The lowest BCUT2D eigenvalue weighted by molar-refractivity contribution is -0.139. The van der Waals surface area contributed by atoms with Gasteiger partial charge in [0.15, 0.2) is 0 Å². The molecule has 9 heteroatoms. The zero-order valence-corrected chi connectivity index (χ0v) is 18.9. The van der Waals surface area contributed by atoms with E-state index >= 15 is 0 Å². The number of ketones is 1. The number of benzene rings is 1. The lowest BCUT2D eigenvalue weighted by Gasteiger charge is -2.25. The standard InChI is InChI=1S/C23H24ClN5O3/c1-14-18(15(2)27(3)26-14)21(30)19-20(16-5-7-17(24)8-6-16)29(23(32)22(19)31)11-4-10-28-12-9-25-13-28/h5-9,12-13,20,30H,4,10-11H2,1-3H3/t20-/m1/s1. The largest absolute Gasteiger partial charge is 0.507 e. The third-order valence-electron chi connectivity index (χ3n) is 5.85. The summed E-state index contributed by atoms with van der Waals surface area (Å²) >= 11 is 6.06. The van der Waals surface area contributed by atoms with Crippen LogP contribution in [-0.4, -0.2) is 47.6 Å². The van der Waals surface area contributed by atoms with Crippen molar-refractivity contribution < 1.29 is 14.7 Å². The number of imidazole rings is 1. The van der Waals surface area contributed by atoms with Crippen molar-refractivity contribution in [3.8, 4) is 0 Å². The Morgan fingerprint density at radius 2 is 1.88 bits per heavy atom. The predicted octanol–water partition coefficient (Wildman–Crippen LogP) is 3.40. The van der Waals surface area contributed by atoms with Crippen LogP contribution in [0.25, 0.3) is 5.76 Å². The number of carbonyl (C=O) groups excluding carboxylic acids is 2. The molecule has 0 saturated carbocycles. The minimum atomic E-state index is -0.714. The van der Waals surface area contributed by atoms with E-state index in [4.69, 9.17) is 11.6 Å². The minimum absolute atomic E-state index is 0.0687. The van der Waals surface area contributed by atoms with Gasteiger partial charge in [-0.05, 0) is 38.0 Å². The van der Waals surface area contributed by atoms with Crippen molar-refractivity contribution >= 4 is 29.1 Å². The number of hydrogen-bond acceptors (Lipinski definition) is 5. The van der Waals surface area contributed by atoms with Crippen LogP contribution in [0.3, 0.4) is 0 Å². The molecule has 1 aliphatic heterocycles. The van der Waals surface area contributed by atoms with Crippen LogP contribution < -0.4 is 0 Å². The Hall–Kier alpha value is -3.39. The zero-order valence-electron chi connectivity index (χ0n) is 18.1. The fraction of sp³-hybridized carbons (Fsp3) is 0.304. The van der Waals surface area contributed by atoms with Crippen molar-refractivity contribution in [2.24, 2.45) is 7.05 Å². The van der Waals surface area contributed by atoms with Crippen molar-refractivity contribution in [1.82, 2.24) is 24.2 Å². The first-order valence-corrected chi connectivity index (χ1v) is 10.7. The molecule has 1 amide bonds. The summed E-state index contributed by atoms with van der Waals surface area (Å²) < 4.78 is 3.55. The maximum absolute atomic E-state index is 13.1. The summed E-state index contributed by atoms with van der Waals surface area (Å²) in [5.41, 5.74) is 2.55. The van der Waals surface area contributed by atoms with Crippen LogP contribution in [0.2, 0.25) is 5.02 Å². The minimum Gasteiger partial charge on any atom is -0.507 e. The van der Waals surface area contributed by atoms with Gasteiger partial charge >= 0.3 is 0 Å². The van der Waals surface area contributed by atoms with Gasteiger partial charge < -0.3 is 14.6 Å². The van der Waals surface area contributed by atoms with E-state index in [9.17, 15) is 14.7 Å². The summed E-state index contributed by atoms with van der Waals surface area (Å²) in [6, 6.07) is 6.26. The van der Waals surface area contributed by atoms with Crippen molar-refractivity contribution in [3.05, 3.63) is 76.1 Å². The molecule has 1 atom stereocenters. The number of aryl methyl sites for hydroxylation is 3. The summed E-state index contributed by atoms with van der Waals surface area (Å²) in [7, 11) is 1.77. The van der Waals surface area contributed by atoms with Gasteiger partial charge in [-0.15, -0.1) is 0 Å². The van der Waals surface area contributed by atoms with Gasteiger partial charge in [-0.3, -0.25) is 14.3 Å². The molecule has 1 aromatic carbocycles. The van der Waals surface area contributed by atoms with Crippen LogP contribution >= 0.6 is 11.6 Å². The third kappa shape index (κ3) is 3.82. The average molecular weight is 454 g/mol. The molecule has 1 N–H and O–H groups in total. The van der Waals surface area contributed by atoms with Crippen LogP contribution in [0.1, 0.15) is 35.0 Å². The second kappa shape index (κ2) is 8.63. The number of amides is 1. The molecule has 2 aromatic heterocycles. The quantitative estimate of drug-likeness (QED) is 0.351. The van der Waals surface area contributed by atoms with Gasteiger partial charge in [-0.25, -0.2) is 4.98 Å². The lowest BCUT2D eigenvalue weighted by atomic mass is 9.94. The van der Waals surface area contributed by atoms with Gasteiger partial charge in [0.2, 0.25) is 0 Å². The smallest absolute Gasteiger partial charge is 0.295 e. The number of halogens is 1. The number of hydrogen-bond donors (Lipinski definition) is 1. The summed E-state index contributed by atoms with van der Waals surface area (Å²) in [6.07, 6.45) is 5.87. The van der Waals surface area contributed by atoms with E-state index in [2.05, 4.69) is 10.1 Å². The molecule has 1 saturated heterocycles. The highest BCUT2D eigenvalue weighted by atomic mass is 35.5. The van der Waals surface area contributed by atoms with Gasteiger partial charge in [0, 0.05) is 43.2 Å². The number of carbonyl (C=O) groups is 2. The predicted molar refractivity (Wildman–Crippen MR) is 120 cm³/mol. The summed E-state index contributed by atoms with van der Waals surface area (Å²) in [4.78, 5) is 31.7. The van der Waals surface area contributed by atoms with Crippen LogP contribution in [0.4, 0.5) is 0 Å². The fourth-order valence-electron chi connectivity index (χ4n) is 4.20. The van der Waals surface area contributed by atoms with Crippen LogP contribution in [0, 0.1) is 13.8 Å². The van der Waals surface area contributed by atoms with Gasteiger partial charge in [0.1, 0.15) is 5.76 Å². The number of likely N-dealkylation sites (tertiary alicyclic amines) is 1. The molecule has 32 heavy (non-hydrogen) atoms. The van der Waals surface area contributed by atoms with E-state index in [1.807, 2.05) is 17.7 Å². The molecule has 1 fully saturated rings. The highest BCUT2D eigenvalue weighted by Gasteiger charge is 2.46. The average Bonchev–Trinajstić information content (AvgIpc) is 3.43. The van der Waals surface area contributed by atoms with E-state index in [1.54, 1.807) is 55.4 Å². The molecule has 3 heterocycles. The molecule has 0 spiro atoms. The van der Waals surface area contributed by atoms with E-state index < -0.39 is 17.7 Å². The molecule has 0 bridgehead atoms. The molecule has 1 aliphatic rings. The summed E-state index contributed by atoms with van der Waals surface area (Å²) in [6.45, 7) is 4.57. The maximum atomic E-state index is 13.1. The summed E-state index contributed by atoms with van der Waals surface area (Å²) in [5, 5.41) is 16.1. The first-order chi connectivity index (χ1) is 15.3. The van der Waals surface area contributed by atoms with E-state index in [0.717, 1.165) is 0 Å². The number of aliphatic hydroxyl groups excluding tert-OH is 1. The molecular formula is C23H24ClN5O3. The highest BCUT2D eigenvalue weighted by Crippen LogP contribution is 2.40.